The molecule has 0 aromatic heterocycles. The summed E-state index contributed by atoms with van der Waals surface area (Å²) in [5, 5.41) is 12.2. The number of carbonyl (C=O) groups excluding carboxylic acids is 2. The Labute approximate surface area is 149 Å². The summed E-state index contributed by atoms with van der Waals surface area (Å²) in [7, 11) is -4.69. The predicted octanol–water partition coefficient (Wildman–Crippen LogP) is -1.20. The lowest BCUT2D eigenvalue weighted by atomic mass is 9.92. The van der Waals surface area contributed by atoms with Crippen LogP contribution in [0.2, 0.25) is 0 Å². The Morgan fingerprint density at radius 3 is 2.84 bits per heavy atom. The van der Waals surface area contributed by atoms with Crippen LogP contribution in [-0.4, -0.2) is 58.2 Å². The highest BCUT2D eigenvalue weighted by atomic mass is 32.1. The average molecular weight is 394 g/mol. The van der Waals surface area contributed by atoms with Gasteiger partial charge in [0.25, 0.3) is 5.91 Å². The molecule has 25 heavy (non-hydrogen) atoms. The van der Waals surface area contributed by atoms with Gasteiger partial charge in [-0.25, -0.2) is 4.57 Å². The molecule has 0 bridgehead atoms. The van der Waals surface area contributed by atoms with Crippen molar-refractivity contribution in [3.63, 3.8) is 0 Å². The Bertz CT molecular complexity index is 634. The fraction of sp³-hybridized carbons (Fsp3) is 0.538. The van der Waals surface area contributed by atoms with Crippen LogP contribution in [0.1, 0.15) is 6.42 Å². The zero-order valence-electron chi connectivity index (χ0n) is 12.9. The van der Waals surface area contributed by atoms with Crippen LogP contribution in [0, 0.1) is 5.92 Å². The molecule has 2 amide bonds. The SMILES string of the molecule is O=C1NC(=O)C(C2CC(O)C(COP(=O)(O)O)O2)C=C1/C=C/CNS. The summed E-state index contributed by atoms with van der Waals surface area (Å²) in [6.07, 6.45) is 1.89. The molecule has 1 fully saturated rings. The number of phosphoric ester groups is 1. The van der Waals surface area contributed by atoms with Gasteiger partial charge < -0.3 is 19.6 Å². The number of aliphatic hydroxyl groups is 1. The van der Waals surface area contributed by atoms with Crippen LogP contribution in [0.25, 0.3) is 0 Å². The van der Waals surface area contributed by atoms with Gasteiger partial charge in [0.15, 0.2) is 0 Å². The Hall–Kier alpha value is -1.04. The van der Waals surface area contributed by atoms with E-state index in [0.29, 0.717) is 6.54 Å². The number of hydrogen-bond acceptors (Lipinski definition) is 8. The van der Waals surface area contributed by atoms with Crippen molar-refractivity contribution in [2.24, 2.45) is 5.92 Å². The molecular formula is C13H19N2O8PS. The molecule has 10 nitrogen and oxygen atoms in total. The average Bonchev–Trinajstić information content (AvgIpc) is 2.87. The molecule has 2 heterocycles. The van der Waals surface area contributed by atoms with E-state index in [9.17, 15) is 19.3 Å². The zero-order valence-corrected chi connectivity index (χ0v) is 14.7. The molecular weight excluding hydrogens is 375 g/mol. The molecule has 12 heteroatoms. The third-order valence-corrected chi connectivity index (χ3v) is 4.40. The maximum absolute atomic E-state index is 12.1. The second-order valence-corrected chi connectivity index (χ2v) is 7.09. The largest absolute Gasteiger partial charge is 0.469 e. The number of imide groups is 1. The van der Waals surface area contributed by atoms with Crippen molar-refractivity contribution in [2.45, 2.75) is 24.7 Å². The molecule has 5 N–H and O–H groups in total. The van der Waals surface area contributed by atoms with Gasteiger partial charge in [-0.05, 0) is 0 Å². The number of phosphoric acid groups is 1. The van der Waals surface area contributed by atoms with Crippen LogP contribution < -0.4 is 10.0 Å². The number of ether oxygens (including phenoxy) is 1. The minimum atomic E-state index is -4.69. The van der Waals surface area contributed by atoms with Gasteiger partial charge in [-0.1, -0.05) is 31.0 Å². The molecule has 0 aromatic rings. The third kappa shape index (κ3) is 5.73. The number of hydrogen-bond donors (Lipinski definition) is 6. The van der Waals surface area contributed by atoms with E-state index in [1.54, 1.807) is 6.08 Å². The maximum Gasteiger partial charge on any atom is 0.469 e. The van der Waals surface area contributed by atoms with E-state index in [2.05, 4.69) is 27.4 Å². The first-order valence-corrected chi connectivity index (χ1v) is 9.33. The summed E-state index contributed by atoms with van der Waals surface area (Å²) in [6.45, 7) is -0.105. The van der Waals surface area contributed by atoms with Crippen molar-refractivity contribution < 1.29 is 38.3 Å². The molecule has 2 aliphatic rings. The zero-order chi connectivity index (χ0) is 18.6. The lowest BCUT2D eigenvalue weighted by Gasteiger charge is -2.24. The molecule has 0 saturated carbocycles. The first-order chi connectivity index (χ1) is 11.7. The lowest BCUT2D eigenvalue weighted by Crippen LogP contribution is -2.44. The second-order valence-electron chi connectivity index (χ2n) is 5.53. The standard InChI is InChI=1S/C13H19N2O8PS/c16-9-5-10(23-11(9)6-22-24(19,20)21)8-4-7(2-1-3-14-25)12(17)15-13(8)18/h1-2,4,8-11,14,16,25H,3,5-6H2,(H,15,17,18)(H2,19,20,21)/b2-1+. The number of aliphatic hydroxyl groups excluding tert-OH is 1. The van der Waals surface area contributed by atoms with Crippen LogP contribution in [0.15, 0.2) is 23.8 Å². The van der Waals surface area contributed by atoms with Crippen molar-refractivity contribution in [2.75, 3.05) is 13.2 Å². The summed E-state index contributed by atoms with van der Waals surface area (Å²) in [4.78, 5) is 41.3. The number of rotatable bonds is 7. The molecule has 1 saturated heterocycles. The first-order valence-electron chi connectivity index (χ1n) is 7.35. The number of carbonyl (C=O) groups is 2. The van der Waals surface area contributed by atoms with Crippen LogP contribution in [-0.2, 0) is 23.4 Å². The van der Waals surface area contributed by atoms with Gasteiger partial charge >= 0.3 is 7.82 Å². The topological polar surface area (TPSA) is 154 Å². The number of nitrogens with one attached hydrogen (secondary N) is 2. The van der Waals surface area contributed by atoms with Gasteiger partial charge in [0.1, 0.15) is 6.10 Å². The van der Waals surface area contributed by atoms with Gasteiger partial charge in [-0.2, -0.15) is 0 Å². The Balaban J connectivity index is 2.07. The maximum atomic E-state index is 12.1. The minimum Gasteiger partial charge on any atom is -0.390 e. The van der Waals surface area contributed by atoms with E-state index < -0.39 is 50.5 Å². The predicted molar refractivity (Wildman–Crippen MR) is 88.1 cm³/mol. The van der Waals surface area contributed by atoms with E-state index in [4.69, 9.17) is 14.5 Å². The van der Waals surface area contributed by atoms with E-state index in [1.807, 2.05) is 0 Å². The second kappa shape index (κ2) is 8.56. The molecule has 2 aliphatic heterocycles. The highest BCUT2D eigenvalue weighted by Gasteiger charge is 2.42. The summed E-state index contributed by atoms with van der Waals surface area (Å²) in [5.41, 5.74) is 0.265. The lowest BCUT2D eigenvalue weighted by molar-refractivity contribution is -0.134. The molecule has 4 unspecified atom stereocenters. The van der Waals surface area contributed by atoms with Crippen molar-refractivity contribution in [1.29, 1.82) is 0 Å². The van der Waals surface area contributed by atoms with Gasteiger partial charge in [-0.3, -0.25) is 24.2 Å². The molecule has 4 atom stereocenters. The van der Waals surface area contributed by atoms with Crippen molar-refractivity contribution >= 4 is 32.5 Å². The van der Waals surface area contributed by atoms with Gasteiger partial charge in [0, 0.05) is 18.5 Å². The van der Waals surface area contributed by atoms with E-state index in [0.717, 1.165) is 0 Å². The fourth-order valence-electron chi connectivity index (χ4n) is 2.57. The normalized spacial score (nSPS) is 30.6. The van der Waals surface area contributed by atoms with E-state index in [1.165, 1.54) is 12.2 Å². The Kier molecular flexibility index (Phi) is 6.94. The summed E-state index contributed by atoms with van der Waals surface area (Å²) in [5.74, 6) is -1.93. The van der Waals surface area contributed by atoms with Gasteiger partial charge in [0.05, 0.1) is 24.7 Å². The summed E-state index contributed by atoms with van der Waals surface area (Å²) in [6, 6.07) is 0. The van der Waals surface area contributed by atoms with Gasteiger partial charge in [0.2, 0.25) is 5.91 Å². The fourth-order valence-corrected chi connectivity index (χ4v) is 3.02. The monoisotopic (exact) mass is 394 g/mol. The van der Waals surface area contributed by atoms with Crippen molar-refractivity contribution in [3.05, 3.63) is 23.8 Å². The quantitative estimate of drug-likeness (QED) is 0.178. The minimum absolute atomic E-state index is 0.0627. The Morgan fingerprint density at radius 1 is 1.48 bits per heavy atom. The number of thiol groups is 1. The molecule has 140 valence electrons. The molecule has 2 rings (SSSR count). The van der Waals surface area contributed by atoms with Crippen molar-refractivity contribution in [3.8, 4) is 0 Å². The smallest absolute Gasteiger partial charge is 0.390 e. The van der Waals surface area contributed by atoms with E-state index >= 15 is 0 Å². The molecule has 0 spiro atoms. The highest BCUT2D eigenvalue weighted by Crippen LogP contribution is 2.38. The van der Waals surface area contributed by atoms with Crippen LogP contribution in [0.4, 0.5) is 0 Å². The first kappa shape index (κ1) is 20.3. The van der Waals surface area contributed by atoms with Crippen LogP contribution in [0.3, 0.4) is 0 Å². The Morgan fingerprint density at radius 2 is 2.20 bits per heavy atom. The van der Waals surface area contributed by atoms with Crippen LogP contribution in [0.5, 0.6) is 0 Å². The third-order valence-electron chi connectivity index (χ3n) is 3.73. The molecule has 0 aliphatic carbocycles. The van der Waals surface area contributed by atoms with Gasteiger partial charge in [-0.15, -0.1) is 0 Å². The van der Waals surface area contributed by atoms with Crippen molar-refractivity contribution in [1.82, 2.24) is 10.0 Å². The van der Waals surface area contributed by atoms with Crippen LogP contribution >= 0.6 is 20.6 Å². The summed E-state index contributed by atoms with van der Waals surface area (Å²) < 4.78 is 23.2. The summed E-state index contributed by atoms with van der Waals surface area (Å²) >= 11 is 3.81. The molecule has 0 aromatic carbocycles. The molecule has 0 radical (unpaired) electrons. The highest BCUT2D eigenvalue weighted by molar-refractivity contribution is 7.78. The van der Waals surface area contributed by atoms with E-state index in [-0.39, 0.29) is 12.0 Å². The number of amides is 2.